The van der Waals surface area contributed by atoms with Crippen LogP contribution in [0.2, 0.25) is 0 Å². The van der Waals surface area contributed by atoms with Crippen LogP contribution in [0.3, 0.4) is 0 Å². The Labute approximate surface area is 89.3 Å². The largest absolute Gasteiger partial charge is 0.477 e. The molecule has 82 valence electrons. The topological polar surface area (TPSA) is 70.2 Å². The maximum absolute atomic E-state index is 13.5. The lowest BCUT2D eigenvalue weighted by atomic mass is 10.1. The number of pyridine rings is 1. The minimum absolute atomic E-state index is 0.0201. The maximum Gasteiger partial charge on any atom is 0.352 e. The second kappa shape index (κ2) is 3.44. The summed E-state index contributed by atoms with van der Waals surface area (Å²) in [6, 6.07) is 3.89. The molecule has 1 aromatic heterocycles. The Morgan fingerprint density at radius 2 is 2.00 bits per heavy atom. The minimum atomic E-state index is -1.29. The second-order valence-corrected chi connectivity index (χ2v) is 3.53. The van der Waals surface area contributed by atoms with Crippen LogP contribution in [0.25, 0.3) is 10.8 Å². The van der Waals surface area contributed by atoms with Crippen LogP contribution in [0.15, 0.2) is 23.0 Å². The number of H-pyrrole nitrogens is 1. The van der Waals surface area contributed by atoms with Crippen LogP contribution in [0.5, 0.6) is 0 Å². The number of rotatable bonds is 1. The van der Waals surface area contributed by atoms with E-state index in [1.165, 1.54) is 12.1 Å². The number of hydrogen-bond acceptors (Lipinski definition) is 2. The summed E-state index contributed by atoms with van der Waals surface area (Å²) < 4.78 is 13.5. The summed E-state index contributed by atoms with van der Waals surface area (Å²) in [4.78, 5) is 24.4. The number of hydrogen-bond donors (Lipinski definition) is 2. The number of aromatic amines is 1. The normalized spacial score (nSPS) is 10.6. The number of fused-ring (bicyclic) bond motifs is 1. The third kappa shape index (κ3) is 1.56. The Balaban J connectivity index is 2.93. The third-order valence-corrected chi connectivity index (χ3v) is 2.29. The van der Waals surface area contributed by atoms with Gasteiger partial charge in [0.05, 0.1) is 5.39 Å². The zero-order chi connectivity index (χ0) is 11.9. The van der Waals surface area contributed by atoms with Crippen LogP contribution in [0, 0.1) is 12.7 Å². The first-order chi connectivity index (χ1) is 7.49. The maximum atomic E-state index is 13.5. The zero-order valence-corrected chi connectivity index (χ0v) is 8.37. The summed E-state index contributed by atoms with van der Waals surface area (Å²) in [5.41, 5.74) is -0.309. The first-order valence-electron chi connectivity index (χ1n) is 4.55. The smallest absolute Gasteiger partial charge is 0.352 e. The molecule has 0 aliphatic rings. The summed E-state index contributed by atoms with van der Waals surface area (Å²) in [6.07, 6.45) is 0. The van der Waals surface area contributed by atoms with E-state index in [2.05, 4.69) is 4.98 Å². The summed E-state index contributed by atoms with van der Waals surface area (Å²) in [7, 11) is 0. The van der Waals surface area contributed by atoms with E-state index < -0.39 is 17.3 Å². The molecule has 0 saturated heterocycles. The lowest BCUT2D eigenvalue weighted by molar-refractivity contribution is 0.0690. The van der Waals surface area contributed by atoms with Crippen molar-refractivity contribution in [2.24, 2.45) is 0 Å². The number of halogens is 1. The predicted octanol–water partition coefficient (Wildman–Crippen LogP) is 1.67. The number of benzene rings is 1. The molecule has 1 heterocycles. The van der Waals surface area contributed by atoms with Gasteiger partial charge in [-0.05, 0) is 30.7 Å². The quantitative estimate of drug-likeness (QED) is 0.769. The molecule has 4 nitrogen and oxygen atoms in total. The van der Waals surface area contributed by atoms with Gasteiger partial charge in [0.1, 0.15) is 11.5 Å². The molecule has 0 aliphatic heterocycles. The molecular weight excluding hydrogens is 213 g/mol. The zero-order valence-electron chi connectivity index (χ0n) is 8.37. The van der Waals surface area contributed by atoms with Crippen LogP contribution in [0.4, 0.5) is 4.39 Å². The molecule has 0 radical (unpaired) electrons. The number of carboxylic acids is 1. The Morgan fingerprint density at radius 3 is 2.62 bits per heavy atom. The van der Waals surface area contributed by atoms with Gasteiger partial charge >= 0.3 is 5.97 Å². The number of aryl methyl sites for hydroxylation is 1. The molecule has 5 heteroatoms. The summed E-state index contributed by atoms with van der Waals surface area (Å²) in [5, 5.41) is 8.90. The van der Waals surface area contributed by atoms with Crippen molar-refractivity contribution in [2.75, 3.05) is 0 Å². The molecule has 0 amide bonds. The molecule has 0 unspecified atom stereocenters. The van der Waals surface area contributed by atoms with Crippen LogP contribution in [-0.2, 0) is 0 Å². The number of aromatic carboxylic acids is 1. The highest BCUT2D eigenvalue weighted by molar-refractivity contribution is 5.92. The molecule has 0 saturated carbocycles. The highest BCUT2D eigenvalue weighted by Gasteiger charge is 2.11. The van der Waals surface area contributed by atoms with Gasteiger partial charge in [0.15, 0.2) is 0 Å². The Hall–Kier alpha value is -2.17. The molecule has 1 aromatic carbocycles. The van der Waals surface area contributed by atoms with Gasteiger partial charge in [-0.15, -0.1) is 0 Å². The van der Waals surface area contributed by atoms with E-state index in [1.807, 2.05) is 0 Å². The molecule has 2 N–H and O–H groups in total. The Morgan fingerprint density at radius 1 is 1.31 bits per heavy atom. The van der Waals surface area contributed by atoms with Gasteiger partial charge in [-0.1, -0.05) is 0 Å². The average Bonchev–Trinajstić information content (AvgIpc) is 2.19. The van der Waals surface area contributed by atoms with Crippen molar-refractivity contribution >= 4 is 16.7 Å². The standard InChI is InChI=1S/C11H8FNO3/c1-5-2-7-6(8(12)3-5)4-9(11(15)16)13-10(7)14/h2-4H,1H3,(H,13,14)(H,15,16). The van der Waals surface area contributed by atoms with Crippen molar-refractivity contribution in [3.8, 4) is 0 Å². The molecule has 0 bridgehead atoms. The first kappa shape index (κ1) is 10.4. The van der Waals surface area contributed by atoms with E-state index in [4.69, 9.17) is 5.11 Å². The van der Waals surface area contributed by atoms with Crippen molar-refractivity contribution < 1.29 is 14.3 Å². The minimum Gasteiger partial charge on any atom is -0.477 e. The van der Waals surface area contributed by atoms with E-state index in [1.54, 1.807) is 6.92 Å². The molecular formula is C11H8FNO3. The van der Waals surface area contributed by atoms with E-state index in [0.29, 0.717) is 5.56 Å². The van der Waals surface area contributed by atoms with Gasteiger partial charge in [0.2, 0.25) is 0 Å². The lowest BCUT2D eigenvalue weighted by Gasteiger charge is -2.02. The van der Waals surface area contributed by atoms with Gasteiger partial charge in [0.25, 0.3) is 5.56 Å². The fraction of sp³-hybridized carbons (Fsp3) is 0.0909. The average molecular weight is 221 g/mol. The van der Waals surface area contributed by atoms with Gasteiger partial charge in [-0.2, -0.15) is 0 Å². The molecule has 2 rings (SSSR count). The van der Waals surface area contributed by atoms with Gasteiger partial charge < -0.3 is 10.1 Å². The van der Waals surface area contributed by atoms with E-state index in [-0.39, 0.29) is 16.5 Å². The highest BCUT2D eigenvalue weighted by Crippen LogP contribution is 2.17. The van der Waals surface area contributed by atoms with Crippen LogP contribution < -0.4 is 5.56 Å². The highest BCUT2D eigenvalue weighted by atomic mass is 19.1. The van der Waals surface area contributed by atoms with Crippen LogP contribution in [0.1, 0.15) is 16.1 Å². The van der Waals surface area contributed by atoms with Crippen molar-refractivity contribution in [1.82, 2.24) is 4.98 Å². The van der Waals surface area contributed by atoms with Crippen LogP contribution in [-0.4, -0.2) is 16.1 Å². The number of nitrogens with one attached hydrogen (secondary N) is 1. The molecule has 0 spiro atoms. The molecule has 16 heavy (non-hydrogen) atoms. The lowest BCUT2D eigenvalue weighted by Crippen LogP contribution is -2.13. The Bertz CT molecular complexity index is 645. The monoisotopic (exact) mass is 221 g/mol. The van der Waals surface area contributed by atoms with E-state index >= 15 is 0 Å². The molecule has 2 aromatic rings. The summed E-state index contributed by atoms with van der Waals surface area (Å²) in [5.74, 6) is -1.89. The molecule has 0 fully saturated rings. The van der Waals surface area contributed by atoms with Crippen molar-refractivity contribution in [2.45, 2.75) is 6.92 Å². The number of aromatic nitrogens is 1. The van der Waals surface area contributed by atoms with Gasteiger partial charge in [0, 0.05) is 5.39 Å². The van der Waals surface area contributed by atoms with Crippen molar-refractivity contribution in [1.29, 1.82) is 0 Å². The van der Waals surface area contributed by atoms with E-state index in [9.17, 15) is 14.0 Å². The molecule has 0 atom stereocenters. The number of carboxylic acid groups (broad SMARTS) is 1. The SMILES string of the molecule is Cc1cc(F)c2cc(C(=O)O)[nH]c(=O)c2c1. The fourth-order valence-corrected chi connectivity index (χ4v) is 1.57. The van der Waals surface area contributed by atoms with Crippen molar-refractivity contribution in [3.05, 3.63) is 45.6 Å². The van der Waals surface area contributed by atoms with Crippen LogP contribution >= 0.6 is 0 Å². The summed E-state index contributed by atoms with van der Waals surface area (Å²) in [6.45, 7) is 1.66. The van der Waals surface area contributed by atoms with Crippen molar-refractivity contribution in [3.63, 3.8) is 0 Å². The number of carbonyl (C=O) groups is 1. The fourth-order valence-electron chi connectivity index (χ4n) is 1.57. The van der Waals surface area contributed by atoms with Gasteiger partial charge in [-0.25, -0.2) is 9.18 Å². The Kier molecular flexibility index (Phi) is 2.23. The van der Waals surface area contributed by atoms with E-state index in [0.717, 1.165) is 6.07 Å². The third-order valence-electron chi connectivity index (χ3n) is 2.29. The second-order valence-electron chi connectivity index (χ2n) is 3.53. The first-order valence-corrected chi connectivity index (χ1v) is 4.55. The molecule has 0 aliphatic carbocycles. The van der Waals surface area contributed by atoms with Gasteiger partial charge in [-0.3, -0.25) is 4.79 Å². The predicted molar refractivity (Wildman–Crippen MR) is 56.2 cm³/mol. The summed E-state index contributed by atoms with van der Waals surface area (Å²) >= 11 is 0.